The van der Waals surface area contributed by atoms with Gasteiger partial charge in [-0.3, -0.25) is 0 Å². The number of nitrogens with zero attached hydrogens (tertiary/aromatic N) is 1. The molecule has 0 radical (unpaired) electrons. The van der Waals surface area contributed by atoms with Crippen molar-refractivity contribution in [2.45, 2.75) is 0 Å². The molecule has 80 valence electrons. The van der Waals surface area contributed by atoms with Gasteiger partial charge in [-0.2, -0.15) is 0 Å². The Morgan fingerprint density at radius 3 is 2.73 bits per heavy atom. The first kappa shape index (κ1) is 11.0. The Bertz CT molecular complexity index is 388. The fourth-order valence-electron chi connectivity index (χ4n) is 1.12. The van der Waals surface area contributed by atoms with Gasteiger partial charge < -0.3 is 15.2 Å². The molecule has 0 bridgehead atoms. The first-order chi connectivity index (χ1) is 7.22. The van der Waals surface area contributed by atoms with E-state index in [1.807, 2.05) is 0 Å². The third-order valence-corrected chi connectivity index (χ3v) is 1.81. The summed E-state index contributed by atoms with van der Waals surface area (Å²) in [4.78, 5) is 15.1. The van der Waals surface area contributed by atoms with E-state index in [0.29, 0.717) is 17.0 Å². The molecule has 0 atom stereocenters. The van der Waals surface area contributed by atoms with E-state index < -0.39 is 5.97 Å². The van der Waals surface area contributed by atoms with E-state index in [4.69, 9.17) is 10.5 Å². The summed E-state index contributed by atoms with van der Waals surface area (Å²) >= 11 is 0. The van der Waals surface area contributed by atoms with Crippen LogP contribution in [0.15, 0.2) is 23.2 Å². The molecule has 1 aromatic carbocycles. The summed E-state index contributed by atoms with van der Waals surface area (Å²) in [6.45, 7) is 0. The van der Waals surface area contributed by atoms with Crippen molar-refractivity contribution in [1.29, 1.82) is 0 Å². The maximum atomic E-state index is 11.2. The standard InChI is InChI=1S/C10H12N2O3/c1-14-9-4-3-7(10(13)15-2)5-8(9)12-6-11/h3-6H,1-2H3,(H2,11,12). The Morgan fingerprint density at radius 2 is 2.20 bits per heavy atom. The van der Waals surface area contributed by atoms with Gasteiger partial charge >= 0.3 is 5.97 Å². The van der Waals surface area contributed by atoms with Gasteiger partial charge in [0.2, 0.25) is 0 Å². The number of esters is 1. The van der Waals surface area contributed by atoms with Gasteiger partial charge in [-0.05, 0) is 18.2 Å². The lowest BCUT2D eigenvalue weighted by Gasteiger charge is -2.05. The van der Waals surface area contributed by atoms with E-state index in [1.54, 1.807) is 18.2 Å². The number of aliphatic imine (C=N–C) groups is 1. The average Bonchev–Trinajstić information content (AvgIpc) is 2.28. The van der Waals surface area contributed by atoms with Crippen molar-refractivity contribution < 1.29 is 14.3 Å². The molecule has 1 rings (SSSR count). The van der Waals surface area contributed by atoms with E-state index in [0.717, 1.165) is 6.34 Å². The fourth-order valence-corrected chi connectivity index (χ4v) is 1.12. The molecule has 0 aromatic heterocycles. The first-order valence-electron chi connectivity index (χ1n) is 4.23. The van der Waals surface area contributed by atoms with E-state index >= 15 is 0 Å². The number of nitrogens with two attached hydrogens (primary N) is 1. The highest BCUT2D eigenvalue weighted by molar-refractivity contribution is 5.91. The van der Waals surface area contributed by atoms with E-state index in [1.165, 1.54) is 14.2 Å². The van der Waals surface area contributed by atoms with Crippen LogP contribution in [0.25, 0.3) is 0 Å². The number of methoxy groups -OCH3 is 2. The van der Waals surface area contributed by atoms with Gasteiger partial charge in [0.15, 0.2) is 0 Å². The molecule has 0 heterocycles. The zero-order chi connectivity index (χ0) is 11.3. The molecular weight excluding hydrogens is 196 g/mol. The number of carbonyl (C=O) groups excluding carboxylic acids is 1. The Morgan fingerprint density at radius 1 is 1.47 bits per heavy atom. The smallest absolute Gasteiger partial charge is 0.337 e. The highest BCUT2D eigenvalue weighted by Crippen LogP contribution is 2.28. The second kappa shape index (κ2) is 4.99. The lowest BCUT2D eigenvalue weighted by atomic mass is 10.2. The molecule has 0 unspecified atom stereocenters. The van der Waals surface area contributed by atoms with Crippen molar-refractivity contribution in [3.05, 3.63) is 23.8 Å². The third-order valence-electron chi connectivity index (χ3n) is 1.81. The van der Waals surface area contributed by atoms with E-state index in [-0.39, 0.29) is 0 Å². The minimum absolute atomic E-state index is 0.402. The van der Waals surface area contributed by atoms with Crippen LogP contribution < -0.4 is 10.5 Å². The molecule has 0 aliphatic heterocycles. The van der Waals surface area contributed by atoms with Crippen LogP contribution in [0.1, 0.15) is 10.4 Å². The number of rotatable bonds is 3. The maximum Gasteiger partial charge on any atom is 0.337 e. The molecule has 0 aliphatic rings. The molecule has 1 aromatic rings. The van der Waals surface area contributed by atoms with Crippen LogP contribution in [-0.4, -0.2) is 26.5 Å². The molecule has 5 nitrogen and oxygen atoms in total. The zero-order valence-electron chi connectivity index (χ0n) is 8.56. The van der Waals surface area contributed by atoms with Crippen LogP contribution in [0.2, 0.25) is 0 Å². The molecule has 15 heavy (non-hydrogen) atoms. The largest absolute Gasteiger partial charge is 0.494 e. The molecule has 2 N–H and O–H groups in total. The van der Waals surface area contributed by atoms with Crippen LogP contribution in [0.3, 0.4) is 0 Å². The molecule has 0 spiro atoms. The first-order valence-corrected chi connectivity index (χ1v) is 4.23. The number of hydrogen-bond donors (Lipinski definition) is 1. The minimum atomic E-state index is -0.425. The number of carbonyl (C=O) groups is 1. The summed E-state index contributed by atoms with van der Waals surface area (Å²) in [5, 5.41) is 0. The minimum Gasteiger partial charge on any atom is -0.494 e. The molecule has 0 aliphatic carbocycles. The zero-order valence-corrected chi connectivity index (χ0v) is 8.56. The molecule has 0 fully saturated rings. The van der Waals surface area contributed by atoms with Crippen molar-refractivity contribution in [1.82, 2.24) is 0 Å². The van der Waals surface area contributed by atoms with Gasteiger partial charge in [-0.25, -0.2) is 9.79 Å². The average molecular weight is 208 g/mol. The SMILES string of the molecule is COC(=O)c1ccc(OC)c(N=CN)c1. The Hall–Kier alpha value is -2.04. The molecule has 0 amide bonds. The summed E-state index contributed by atoms with van der Waals surface area (Å²) in [6, 6.07) is 4.78. The van der Waals surface area contributed by atoms with Crippen LogP contribution in [-0.2, 0) is 4.74 Å². The molecule has 0 saturated carbocycles. The maximum absolute atomic E-state index is 11.2. The topological polar surface area (TPSA) is 73.9 Å². The van der Waals surface area contributed by atoms with Crippen LogP contribution in [0.4, 0.5) is 5.69 Å². The summed E-state index contributed by atoms with van der Waals surface area (Å²) in [5.74, 6) is 0.121. The Balaban J connectivity index is 3.15. The third kappa shape index (κ3) is 2.46. The van der Waals surface area contributed by atoms with Crippen molar-refractivity contribution in [2.75, 3.05) is 14.2 Å². The number of ether oxygens (including phenoxy) is 2. The van der Waals surface area contributed by atoms with Crippen molar-refractivity contribution in [2.24, 2.45) is 10.7 Å². The molecule has 0 saturated heterocycles. The lowest BCUT2D eigenvalue weighted by molar-refractivity contribution is 0.0601. The quantitative estimate of drug-likeness (QED) is 0.458. The highest BCUT2D eigenvalue weighted by Gasteiger charge is 2.09. The van der Waals surface area contributed by atoms with E-state index in [2.05, 4.69) is 9.73 Å². The predicted octanol–water partition coefficient (Wildman–Crippen LogP) is 1.10. The van der Waals surface area contributed by atoms with Crippen molar-refractivity contribution >= 4 is 18.0 Å². The summed E-state index contributed by atoms with van der Waals surface area (Å²) in [6.07, 6.45) is 1.14. The van der Waals surface area contributed by atoms with Gasteiger partial charge in [0.05, 0.1) is 26.1 Å². The van der Waals surface area contributed by atoms with Crippen LogP contribution >= 0.6 is 0 Å². The summed E-state index contributed by atoms with van der Waals surface area (Å²) < 4.78 is 9.62. The number of hydrogen-bond acceptors (Lipinski definition) is 4. The second-order valence-electron chi connectivity index (χ2n) is 2.66. The molecule has 5 heteroatoms. The van der Waals surface area contributed by atoms with Gasteiger partial charge in [0, 0.05) is 0 Å². The Labute approximate surface area is 87.5 Å². The predicted molar refractivity (Wildman–Crippen MR) is 56.7 cm³/mol. The summed E-state index contributed by atoms with van der Waals surface area (Å²) in [5.41, 5.74) is 6.07. The van der Waals surface area contributed by atoms with Gasteiger partial charge in [0.1, 0.15) is 11.4 Å². The fraction of sp³-hybridized carbons (Fsp3) is 0.200. The van der Waals surface area contributed by atoms with Gasteiger partial charge in [-0.1, -0.05) is 0 Å². The Kier molecular flexibility index (Phi) is 3.68. The number of benzene rings is 1. The van der Waals surface area contributed by atoms with Crippen molar-refractivity contribution in [3.63, 3.8) is 0 Å². The van der Waals surface area contributed by atoms with E-state index in [9.17, 15) is 4.79 Å². The normalized spacial score (nSPS) is 10.3. The van der Waals surface area contributed by atoms with Crippen LogP contribution in [0.5, 0.6) is 5.75 Å². The lowest BCUT2D eigenvalue weighted by Crippen LogP contribution is -2.01. The van der Waals surface area contributed by atoms with Crippen molar-refractivity contribution in [3.8, 4) is 5.75 Å². The van der Waals surface area contributed by atoms with Gasteiger partial charge in [-0.15, -0.1) is 0 Å². The van der Waals surface area contributed by atoms with Gasteiger partial charge in [0.25, 0.3) is 0 Å². The monoisotopic (exact) mass is 208 g/mol. The highest BCUT2D eigenvalue weighted by atomic mass is 16.5. The summed E-state index contributed by atoms with van der Waals surface area (Å²) in [7, 11) is 2.83. The van der Waals surface area contributed by atoms with Crippen LogP contribution in [0, 0.1) is 0 Å². The second-order valence-corrected chi connectivity index (χ2v) is 2.66. The molecular formula is C10H12N2O3.